The lowest BCUT2D eigenvalue weighted by molar-refractivity contribution is -0.119. The van der Waals surface area contributed by atoms with E-state index in [0.717, 1.165) is 48.1 Å². The topological polar surface area (TPSA) is 85.9 Å². The molecule has 1 aliphatic carbocycles. The maximum atomic E-state index is 13.4. The van der Waals surface area contributed by atoms with Gasteiger partial charge in [-0.05, 0) is 60.1 Å². The molecule has 196 valence electrons. The zero-order valence-corrected chi connectivity index (χ0v) is 22.5. The van der Waals surface area contributed by atoms with Gasteiger partial charge in [0.25, 0.3) is 0 Å². The van der Waals surface area contributed by atoms with E-state index >= 15 is 0 Å². The van der Waals surface area contributed by atoms with E-state index in [0.29, 0.717) is 41.7 Å². The zero-order valence-electron chi connectivity index (χ0n) is 22.5. The summed E-state index contributed by atoms with van der Waals surface area (Å²) in [4.78, 5) is 25.5. The second kappa shape index (κ2) is 12.7. The van der Waals surface area contributed by atoms with Crippen molar-refractivity contribution in [3.8, 4) is 28.4 Å². The third-order valence-corrected chi connectivity index (χ3v) is 7.04. The molecule has 1 aliphatic rings. The summed E-state index contributed by atoms with van der Waals surface area (Å²) < 4.78 is 17.1. The van der Waals surface area contributed by atoms with Gasteiger partial charge in [0.15, 0.2) is 11.5 Å². The fourth-order valence-corrected chi connectivity index (χ4v) is 5.05. The molecule has 2 N–H and O–H groups in total. The van der Waals surface area contributed by atoms with Gasteiger partial charge in [-0.3, -0.25) is 9.59 Å². The number of hydrogen-bond acceptors (Lipinski definition) is 6. The van der Waals surface area contributed by atoms with Crippen LogP contribution in [0.1, 0.15) is 70.0 Å². The van der Waals surface area contributed by atoms with Crippen molar-refractivity contribution in [2.75, 3.05) is 33.2 Å². The van der Waals surface area contributed by atoms with Crippen LogP contribution in [0.25, 0.3) is 11.1 Å². The first-order valence-corrected chi connectivity index (χ1v) is 12.9. The number of unbranched alkanes of at least 4 members (excludes halogenated alkanes) is 1. The van der Waals surface area contributed by atoms with Crippen LogP contribution in [-0.4, -0.2) is 33.8 Å². The zero-order chi connectivity index (χ0) is 26.2. The smallest absolute Gasteiger partial charge is 0.217 e. The number of methoxy groups -OCH3 is 3. The highest BCUT2D eigenvalue weighted by Crippen LogP contribution is 2.50. The number of anilines is 1. The Morgan fingerprint density at radius 3 is 2.44 bits per heavy atom. The lowest BCUT2D eigenvalue weighted by Gasteiger charge is -2.19. The number of aryl methyl sites for hydroxylation is 1. The van der Waals surface area contributed by atoms with Gasteiger partial charge in [0.05, 0.1) is 33.1 Å². The molecule has 1 unspecified atom stereocenters. The number of amides is 1. The first-order valence-electron chi connectivity index (χ1n) is 12.9. The third-order valence-electron chi connectivity index (χ3n) is 7.04. The maximum absolute atomic E-state index is 13.4. The number of rotatable bonds is 11. The molecule has 0 heterocycles. The highest BCUT2D eigenvalue weighted by molar-refractivity contribution is 5.83. The van der Waals surface area contributed by atoms with E-state index in [-0.39, 0.29) is 17.4 Å². The van der Waals surface area contributed by atoms with Crippen LogP contribution >= 0.6 is 0 Å². The van der Waals surface area contributed by atoms with E-state index in [9.17, 15) is 9.59 Å². The molecule has 7 nitrogen and oxygen atoms in total. The van der Waals surface area contributed by atoms with E-state index < -0.39 is 0 Å². The van der Waals surface area contributed by atoms with Crippen molar-refractivity contribution in [1.82, 2.24) is 5.32 Å². The van der Waals surface area contributed by atoms with Crippen LogP contribution in [0.3, 0.4) is 0 Å². The fraction of sp³-hybridized carbons (Fsp3) is 0.517. The van der Waals surface area contributed by atoms with Crippen molar-refractivity contribution in [2.24, 2.45) is 5.92 Å². The van der Waals surface area contributed by atoms with Crippen LogP contribution in [-0.2, 0) is 11.2 Å². The Hall–Kier alpha value is -3.22. The number of carbonyl (C=O) groups excluding carboxylic acids is 1. The van der Waals surface area contributed by atoms with E-state index in [2.05, 4.69) is 24.5 Å². The Bertz CT molecular complexity index is 1130. The lowest BCUT2D eigenvalue weighted by Crippen LogP contribution is -2.26. The predicted octanol–water partition coefficient (Wildman–Crippen LogP) is 5.49. The SMILES string of the molecule is CCCCC(CC)CNc1ccc2c(cc1=O)[C@@H](NC(C)=O)CCc1cc(OC)c(OC)c(OC)c1-2. The van der Waals surface area contributed by atoms with E-state index in [1.165, 1.54) is 13.3 Å². The largest absolute Gasteiger partial charge is 0.493 e. The monoisotopic (exact) mass is 496 g/mol. The summed E-state index contributed by atoms with van der Waals surface area (Å²) >= 11 is 0. The molecular formula is C29H40N2O5. The Labute approximate surface area is 214 Å². The Morgan fingerprint density at radius 1 is 1.08 bits per heavy atom. The van der Waals surface area contributed by atoms with Gasteiger partial charge < -0.3 is 24.8 Å². The molecule has 2 atom stereocenters. The van der Waals surface area contributed by atoms with Crippen LogP contribution in [0, 0.1) is 5.92 Å². The molecule has 1 amide bonds. The van der Waals surface area contributed by atoms with Crippen molar-refractivity contribution in [3.63, 3.8) is 0 Å². The molecule has 0 saturated carbocycles. The normalized spacial score (nSPS) is 15.1. The van der Waals surface area contributed by atoms with Crippen LogP contribution in [0.15, 0.2) is 29.1 Å². The quantitative estimate of drug-likeness (QED) is 0.428. The first-order chi connectivity index (χ1) is 17.4. The average molecular weight is 497 g/mol. The number of hydrogen-bond donors (Lipinski definition) is 2. The minimum Gasteiger partial charge on any atom is -0.493 e. The van der Waals surface area contributed by atoms with Crippen LogP contribution in [0.5, 0.6) is 17.2 Å². The van der Waals surface area contributed by atoms with Crippen molar-refractivity contribution in [3.05, 3.63) is 45.6 Å². The highest BCUT2D eigenvalue weighted by atomic mass is 16.5. The Kier molecular flexibility index (Phi) is 9.62. The summed E-state index contributed by atoms with van der Waals surface area (Å²) in [6, 6.07) is 7.12. The van der Waals surface area contributed by atoms with Crippen molar-refractivity contribution >= 4 is 11.6 Å². The molecule has 0 fully saturated rings. The van der Waals surface area contributed by atoms with Gasteiger partial charge in [-0.25, -0.2) is 0 Å². The molecule has 0 radical (unpaired) electrons. The van der Waals surface area contributed by atoms with Crippen molar-refractivity contribution < 1.29 is 19.0 Å². The van der Waals surface area contributed by atoms with Gasteiger partial charge in [0.1, 0.15) is 0 Å². The number of fused-ring (bicyclic) bond motifs is 3. The van der Waals surface area contributed by atoms with Crippen LogP contribution in [0.4, 0.5) is 5.69 Å². The van der Waals surface area contributed by atoms with Crippen LogP contribution in [0.2, 0.25) is 0 Å². The standard InChI is InChI=1S/C29H40N2O5/c1-7-9-10-19(8-2)17-30-24-14-12-21-22(16-25(24)33)23(31-18(3)32)13-11-20-15-26(34-4)28(35-5)29(36-6)27(20)21/h12,14-16,19,23H,7-11,13,17H2,1-6H3,(H,30,33)(H,31,32)/t19?,23-/m0/s1. The molecule has 2 aromatic carbocycles. The average Bonchev–Trinajstić information content (AvgIpc) is 3.11. The van der Waals surface area contributed by atoms with Gasteiger partial charge in [-0.2, -0.15) is 0 Å². The van der Waals surface area contributed by atoms with Crippen molar-refractivity contribution in [2.45, 2.75) is 65.3 Å². The minimum absolute atomic E-state index is 0.0974. The molecule has 0 aromatic heterocycles. The summed E-state index contributed by atoms with van der Waals surface area (Å²) in [6.07, 6.45) is 5.86. The summed E-state index contributed by atoms with van der Waals surface area (Å²) in [5, 5.41) is 6.45. The molecule has 0 bridgehead atoms. The molecule has 3 rings (SSSR count). The second-order valence-corrected chi connectivity index (χ2v) is 9.39. The first kappa shape index (κ1) is 27.4. The molecule has 2 aromatic rings. The van der Waals surface area contributed by atoms with E-state index in [4.69, 9.17) is 14.2 Å². The Balaban J connectivity index is 2.18. The van der Waals surface area contributed by atoms with E-state index in [1.54, 1.807) is 27.4 Å². The van der Waals surface area contributed by atoms with Gasteiger partial charge in [-0.1, -0.05) is 39.2 Å². The minimum atomic E-state index is -0.313. The maximum Gasteiger partial charge on any atom is 0.217 e. The summed E-state index contributed by atoms with van der Waals surface area (Å²) in [7, 11) is 4.78. The highest BCUT2D eigenvalue weighted by Gasteiger charge is 2.29. The number of carbonyl (C=O) groups is 1. The summed E-state index contributed by atoms with van der Waals surface area (Å²) in [6.45, 7) is 6.64. The second-order valence-electron chi connectivity index (χ2n) is 9.39. The number of benzene rings is 1. The summed E-state index contributed by atoms with van der Waals surface area (Å²) in [5.74, 6) is 2.00. The molecule has 0 saturated heterocycles. The molecule has 0 aliphatic heterocycles. The lowest BCUT2D eigenvalue weighted by atomic mass is 9.95. The van der Waals surface area contributed by atoms with Crippen LogP contribution < -0.4 is 30.3 Å². The molecule has 0 spiro atoms. The molecular weight excluding hydrogens is 456 g/mol. The molecule has 7 heteroatoms. The Morgan fingerprint density at radius 2 is 1.83 bits per heavy atom. The number of ether oxygens (including phenoxy) is 3. The van der Waals surface area contributed by atoms with Gasteiger partial charge in [0.2, 0.25) is 17.1 Å². The van der Waals surface area contributed by atoms with Crippen molar-refractivity contribution in [1.29, 1.82) is 0 Å². The van der Waals surface area contributed by atoms with Gasteiger partial charge in [0, 0.05) is 19.0 Å². The van der Waals surface area contributed by atoms with Gasteiger partial charge in [-0.15, -0.1) is 0 Å². The number of nitrogens with one attached hydrogen (secondary N) is 2. The summed E-state index contributed by atoms with van der Waals surface area (Å²) in [5.41, 5.74) is 3.93. The molecule has 36 heavy (non-hydrogen) atoms. The third kappa shape index (κ3) is 5.94. The van der Waals surface area contributed by atoms with E-state index in [1.807, 2.05) is 18.2 Å². The fourth-order valence-electron chi connectivity index (χ4n) is 5.05. The predicted molar refractivity (Wildman–Crippen MR) is 144 cm³/mol. The van der Waals surface area contributed by atoms with Gasteiger partial charge >= 0.3 is 0 Å².